The molecule has 50 valence electrons. The normalized spacial score (nSPS) is 20.8. The molecule has 0 aromatic heterocycles. The molecule has 1 heterocycles. The van der Waals surface area contributed by atoms with Gasteiger partial charge in [0, 0.05) is 19.2 Å². The molecule has 0 spiro atoms. The smallest absolute Gasteiger partial charge is 0.217 e. The Morgan fingerprint density at radius 1 is 1.67 bits per heavy atom. The Labute approximate surface area is 56.1 Å². The Morgan fingerprint density at radius 2 is 2.33 bits per heavy atom. The topological polar surface area (TPSA) is 6.25 Å². The van der Waals surface area contributed by atoms with Gasteiger partial charge in [0.15, 0.2) is 0 Å². The van der Waals surface area contributed by atoms with E-state index >= 15 is 0 Å². The van der Waals surface area contributed by atoms with E-state index in [-0.39, 0.29) is 0 Å². The van der Waals surface area contributed by atoms with Gasteiger partial charge in [-0.15, -0.1) is 0 Å². The lowest BCUT2D eigenvalue weighted by molar-refractivity contribution is -0.546. The van der Waals surface area contributed by atoms with E-state index in [1.54, 1.807) is 0 Å². The Hall–Kier alpha value is -0.790. The summed E-state index contributed by atoms with van der Waals surface area (Å²) in [5.41, 5.74) is 1.22. The Balaban J connectivity index is 2.54. The number of hydrogen-bond acceptors (Lipinski definition) is 1. The highest BCUT2D eigenvalue weighted by Gasteiger charge is 2.15. The molecule has 0 atom stereocenters. The number of rotatable bonds is 0. The molecule has 0 unspecified atom stereocenters. The number of hydrogen-bond donors (Lipinski definition) is 0. The maximum atomic E-state index is 3.90. The standard InChI is InChI=1S/C7H13N2/c1-7-4-5-8(2)6-9(7)3/h1-2,4-6H2,3H3/q+1. The first-order chi connectivity index (χ1) is 4.20. The molecule has 2 nitrogen and oxygen atoms in total. The van der Waals surface area contributed by atoms with Gasteiger partial charge in [0.1, 0.15) is 13.3 Å². The van der Waals surface area contributed by atoms with E-state index in [9.17, 15) is 0 Å². The van der Waals surface area contributed by atoms with Crippen molar-refractivity contribution in [2.75, 3.05) is 20.3 Å². The van der Waals surface area contributed by atoms with E-state index in [2.05, 4.69) is 18.2 Å². The van der Waals surface area contributed by atoms with Crippen molar-refractivity contribution in [2.45, 2.75) is 6.42 Å². The molecule has 1 aliphatic heterocycles. The lowest BCUT2D eigenvalue weighted by atomic mass is 10.3. The van der Waals surface area contributed by atoms with Gasteiger partial charge >= 0.3 is 0 Å². The highest BCUT2D eigenvalue weighted by atomic mass is 15.3. The van der Waals surface area contributed by atoms with Gasteiger partial charge in [-0.05, 0) is 0 Å². The third-order valence-corrected chi connectivity index (χ3v) is 1.67. The van der Waals surface area contributed by atoms with Crippen LogP contribution in [0.5, 0.6) is 0 Å². The summed E-state index contributed by atoms with van der Waals surface area (Å²) in [5, 5.41) is 0. The van der Waals surface area contributed by atoms with Gasteiger partial charge in [-0.3, -0.25) is 0 Å². The summed E-state index contributed by atoms with van der Waals surface area (Å²) in [6, 6.07) is 0. The molecule has 0 saturated carbocycles. The second-order valence-corrected chi connectivity index (χ2v) is 2.55. The lowest BCUT2D eigenvalue weighted by Gasteiger charge is -2.23. The summed E-state index contributed by atoms with van der Waals surface area (Å²) in [5.74, 6) is 0. The van der Waals surface area contributed by atoms with Crippen LogP contribution in [0.4, 0.5) is 0 Å². The zero-order valence-corrected chi connectivity index (χ0v) is 5.93. The fourth-order valence-electron chi connectivity index (χ4n) is 0.949. The van der Waals surface area contributed by atoms with Crippen LogP contribution >= 0.6 is 0 Å². The first-order valence-electron chi connectivity index (χ1n) is 3.14. The molecule has 0 aliphatic carbocycles. The molecule has 1 rings (SSSR count). The first-order valence-corrected chi connectivity index (χ1v) is 3.14. The van der Waals surface area contributed by atoms with Crippen molar-refractivity contribution in [3.05, 3.63) is 12.3 Å². The van der Waals surface area contributed by atoms with Gasteiger partial charge in [0.05, 0.1) is 0 Å². The average Bonchev–Trinajstić information content (AvgIpc) is 1.80. The molecular weight excluding hydrogens is 112 g/mol. The predicted molar refractivity (Wildman–Crippen MR) is 38.6 cm³/mol. The van der Waals surface area contributed by atoms with Crippen molar-refractivity contribution in [3.63, 3.8) is 0 Å². The molecule has 0 aromatic rings. The van der Waals surface area contributed by atoms with Gasteiger partial charge in [0.25, 0.3) is 0 Å². The molecule has 9 heavy (non-hydrogen) atoms. The summed E-state index contributed by atoms with van der Waals surface area (Å²) in [6.45, 7) is 9.69. The highest BCUT2D eigenvalue weighted by molar-refractivity contribution is 5.15. The zero-order chi connectivity index (χ0) is 6.85. The molecule has 0 aromatic carbocycles. The molecule has 0 amide bonds. The van der Waals surface area contributed by atoms with Crippen LogP contribution < -0.4 is 0 Å². The van der Waals surface area contributed by atoms with Crippen molar-refractivity contribution < 1.29 is 4.58 Å². The van der Waals surface area contributed by atoms with Crippen molar-refractivity contribution >= 4 is 6.72 Å². The molecule has 1 saturated heterocycles. The number of nitrogens with zero attached hydrogens (tertiary/aromatic N) is 2. The zero-order valence-electron chi connectivity index (χ0n) is 5.93. The van der Waals surface area contributed by atoms with Crippen LogP contribution in [0, 0.1) is 0 Å². The van der Waals surface area contributed by atoms with Gasteiger partial charge in [-0.2, -0.15) is 0 Å². The third kappa shape index (κ3) is 1.31. The van der Waals surface area contributed by atoms with Crippen LogP contribution in [0.1, 0.15) is 6.42 Å². The molecule has 1 aliphatic rings. The predicted octanol–water partition coefficient (Wildman–Crippen LogP) is 0.506. The van der Waals surface area contributed by atoms with Crippen molar-refractivity contribution in [1.29, 1.82) is 0 Å². The fourth-order valence-corrected chi connectivity index (χ4v) is 0.949. The van der Waals surface area contributed by atoms with Crippen molar-refractivity contribution in [3.8, 4) is 0 Å². The van der Waals surface area contributed by atoms with Crippen LogP contribution in [0.2, 0.25) is 0 Å². The Morgan fingerprint density at radius 3 is 2.78 bits per heavy atom. The molecular formula is C7H13N2+. The largest absolute Gasteiger partial charge is 0.324 e. The van der Waals surface area contributed by atoms with Gasteiger partial charge in [-0.1, -0.05) is 6.58 Å². The second-order valence-electron chi connectivity index (χ2n) is 2.55. The van der Waals surface area contributed by atoms with E-state index in [4.69, 9.17) is 0 Å². The second kappa shape index (κ2) is 2.21. The van der Waals surface area contributed by atoms with Crippen LogP contribution in [-0.2, 0) is 0 Å². The van der Waals surface area contributed by atoms with Gasteiger partial charge < -0.3 is 4.90 Å². The SMILES string of the molecule is C=C1CC[N+](=C)CN1C. The molecule has 2 heteroatoms. The summed E-state index contributed by atoms with van der Waals surface area (Å²) in [4.78, 5) is 2.12. The monoisotopic (exact) mass is 125 g/mol. The minimum absolute atomic E-state index is 0.916. The first kappa shape index (κ1) is 6.33. The quantitative estimate of drug-likeness (QED) is 0.427. The van der Waals surface area contributed by atoms with Crippen molar-refractivity contribution in [2.24, 2.45) is 0 Å². The van der Waals surface area contributed by atoms with Crippen molar-refractivity contribution in [1.82, 2.24) is 4.90 Å². The van der Waals surface area contributed by atoms with Gasteiger partial charge in [-0.25, -0.2) is 4.58 Å². The van der Waals surface area contributed by atoms with Crippen LogP contribution in [0.15, 0.2) is 12.3 Å². The van der Waals surface area contributed by atoms with E-state index in [0.717, 1.165) is 19.6 Å². The van der Waals surface area contributed by atoms with Crippen LogP contribution in [0.3, 0.4) is 0 Å². The maximum absolute atomic E-state index is 3.90. The van der Waals surface area contributed by atoms with Crippen LogP contribution in [0.25, 0.3) is 0 Å². The average molecular weight is 125 g/mol. The maximum Gasteiger partial charge on any atom is 0.217 e. The minimum Gasteiger partial charge on any atom is -0.324 e. The molecule has 1 fully saturated rings. The summed E-state index contributed by atoms with van der Waals surface area (Å²) >= 11 is 0. The highest BCUT2D eigenvalue weighted by Crippen LogP contribution is 2.08. The van der Waals surface area contributed by atoms with E-state index in [1.807, 2.05) is 11.6 Å². The fraction of sp³-hybridized carbons (Fsp3) is 0.571. The Kier molecular flexibility index (Phi) is 1.56. The van der Waals surface area contributed by atoms with E-state index in [0.29, 0.717) is 0 Å². The minimum atomic E-state index is 0.916. The van der Waals surface area contributed by atoms with E-state index in [1.165, 1.54) is 5.70 Å². The van der Waals surface area contributed by atoms with Gasteiger partial charge in [0.2, 0.25) is 6.67 Å². The van der Waals surface area contributed by atoms with E-state index < -0.39 is 0 Å². The lowest BCUT2D eigenvalue weighted by Crippen LogP contribution is -2.34. The summed E-state index contributed by atoms with van der Waals surface area (Å²) in [6.07, 6.45) is 1.06. The summed E-state index contributed by atoms with van der Waals surface area (Å²) in [7, 11) is 2.04. The summed E-state index contributed by atoms with van der Waals surface area (Å²) < 4.78 is 2.04. The Bertz CT molecular complexity index is 149. The molecule has 0 radical (unpaired) electrons. The molecule has 0 N–H and O–H groups in total. The molecule has 0 bridgehead atoms. The third-order valence-electron chi connectivity index (χ3n) is 1.67. The van der Waals surface area contributed by atoms with Crippen LogP contribution in [-0.4, -0.2) is 36.5 Å².